The summed E-state index contributed by atoms with van der Waals surface area (Å²) in [4.78, 5) is 0. The van der Waals surface area contributed by atoms with Gasteiger partial charge in [0, 0.05) is 15.1 Å². The Balaban J connectivity index is 1.80. The van der Waals surface area contributed by atoms with Gasteiger partial charge in [0.25, 0.3) is 0 Å². The van der Waals surface area contributed by atoms with Gasteiger partial charge in [-0.2, -0.15) is 5.26 Å². The minimum Gasteiger partial charge on any atom is -0.489 e. The highest BCUT2D eigenvalue weighted by Crippen LogP contribution is 2.28. The van der Waals surface area contributed by atoms with Gasteiger partial charge >= 0.3 is 0 Å². The SMILES string of the molecule is N#C/C(=C\c1cccc(OCc2ccc(Br)cc2)c1)c1ccc(Cl)cc1Cl. The van der Waals surface area contributed by atoms with Crippen LogP contribution < -0.4 is 4.74 Å². The number of nitrogens with zero attached hydrogens (tertiary/aromatic N) is 1. The maximum absolute atomic E-state index is 9.53. The van der Waals surface area contributed by atoms with Crippen molar-refractivity contribution >= 4 is 50.8 Å². The third-order valence-corrected chi connectivity index (χ3v) is 4.91. The molecule has 0 N–H and O–H groups in total. The van der Waals surface area contributed by atoms with Crippen LogP contribution in [0.25, 0.3) is 11.6 Å². The van der Waals surface area contributed by atoms with Gasteiger partial charge in [0.2, 0.25) is 0 Å². The zero-order valence-corrected chi connectivity index (χ0v) is 17.2. The molecule has 0 heterocycles. The lowest BCUT2D eigenvalue weighted by molar-refractivity contribution is 0.306. The van der Waals surface area contributed by atoms with Crippen LogP contribution in [0.3, 0.4) is 0 Å². The highest BCUT2D eigenvalue weighted by Gasteiger charge is 2.07. The van der Waals surface area contributed by atoms with Crippen LogP contribution in [0.2, 0.25) is 10.0 Å². The van der Waals surface area contributed by atoms with Crippen LogP contribution >= 0.6 is 39.1 Å². The van der Waals surface area contributed by atoms with E-state index in [1.807, 2.05) is 48.5 Å². The molecule has 0 radical (unpaired) electrons. The number of allylic oxidation sites excluding steroid dienone is 1. The summed E-state index contributed by atoms with van der Waals surface area (Å²) in [6.07, 6.45) is 1.78. The Labute approximate surface area is 176 Å². The lowest BCUT2D eigenvalue weighted by Gasteiger charge is -2.08. The average molecular weight is 459 g/mol. The molecule has 0 aliphatic carbocycles. The molecule has 3 aromatic carbocycles. The average Bonchev–Trinajstić information content (AvgIpc) is 2.66. The molecular formula is C22H14BrCl2NO. The Kier molecular flexibility index (Phi) is 6.58. The number of benzene rings is 3. The van der Waals surface area contributed by atoms with E-state index in [9.17, 15) is 5.26 Å². The molecule has 0 bridgehead atoms. The molecule has 3 aromatic rings. The molecule has 0 aromatic heterocycles. The summed E-state index contributed by atoms with van der Waals surface area (Å²) < 4.78 is 6.89. The van der Waals surface area contributed by atoms with Gasteiger partial charge in [-0.25, -0.2) is 0 Å². The summed E-state index contributed by atoms with van der Waals surface area (Å²) in [7, 11) is 0. The second-order valence-corrected chi connectivity index (χ2v) is 7.54. The van der Waals surface area contributed by atoms with E-state index in [0.29, 0.717) is 27.8 Å². The van der Waals surface area contributed by atoms with Crippen LogP contribution in [0, 0.1) is 11.3 Å². The number of hydrogen-bond donors (Lipinski definition) is 0. The predicted octanol–water partition coefficient (Wildman–Crippen LogP) is 7.40. The van der Waals surface area contributed by atoms with Crippen molar-refractivity contribution < 1.29 is 4.74 Å². The summed E-state index contributed by atoms with van der Waals surface area (Å²) in [5, 5.41) is 10.5. The molecule has 0 amide bonds. The first-order chi connectivity index (χ1) is 13.0. The number of halogens is 3. The monoisotopic (exact) mass is 457 g/mol. The first kappa shape index (κ1) is 19.5. The minimum atomic E-state index is 0.443. The van der Waals surface area contributed by atoms with Crippen molar-refractivity contribution in [2.75, 3.05) is 0 Å². The smallest absolute Gasteiger partial charge is 0.120 e. The van der Waals surface area contributed by atoms with Crippen LogP contribution in [0.4, 0.5) is 0 Å². The summed E-state index contributed by atoms with van der Waals surface area (Å²) in [6.45, 7) is 0.467. The fourth-order valence-corrected chi connectivity index (χ4v) is 3.26. The Hall–Kier alpha value is -2.25. The molecule has 0 fully saturated rings. The molecule has 0 saturated carbocycles. The summed E-state index contributed by atoms with van der Waals surface area (Å²) in [5.74, 6) is 0.728. The van der Waals surface area contributed by atoms with Crippen LogP contribution in [-0.2, 0) is 6.61 Å². The van der Waals surface area contributed by atoms with Gasteiger partial charge in [-0.1, -0.05) is 69.5 Å². The van der Waals surface area contributed by atoms with E-state index in [0.717, 1.165) is 21.3 Å². The van der Waals surface area contributed by atoms with Gasteiger partial charge in [0.1, 0.15) is 12.4 Å². The summed E-state index contributed by atoms with van der Waals surface area (Å²) >= 11 is 15.6. The molecule has 0 aliphatic rings. The third kappa shape index (κ3) is 5.37. The summed E-state index contributed by atoms with van der Waals surface area (Å²) in [6, 6.07) is 22.8. The predicted molar refractivity (Wildman–Crippen MR) is 115 cm³/mol. The minimum absolute atomic E-state index is 0.443. The molecule has 27 heavy (non-hydrogen) atoms. The van der Waals surface area contributed by atoms with E-state index in [-0.39, 0.29) is 0 Å². The van der Waals surface area contributed by atoms with Crippen molar-refractivity contribution in [3.8, 4) is 11.8 Å². The molecule has 0 aliphatic heterocycles. The Morgan fingerprint density at radius 3 is 2.52 bits per heavy atom. The first-order valence-electron chi connectivity index (χ1n) is 8.10. The maximum atomic E-state index is 9.53. The van der Waals surface area contributed by atoms with Gasteiger partial charge in [0.15, 0.2) is 0 Å². The van der Waals surface area contributed by atoms with Crippen LogP contribution in [0.1, 0.15) is 16.7 Å². The van der Waals surface area contributed by atoms with Crippen LogP contribution in [-0.4, -0.2) is 0 Å². The molecule has 134 valence electrons. The van der Waals surface area contributed by atoms with Crippen molar-refractivity contribution in [2.24, 2.45) is 0 Å². The van der Waals surface area contributed by atoms with Crippen molar-refractivity contribution in [3.63, 3.8) is 0 Å². The second-order valence-electron chi connectivity index (χ2n) is 5.78. The van der Waals surface area contributed by atoms with E-state index in [4.69, 9.17) is 27.9 Å². The zero-order valence-electron chi connectivity index (χ0n) is 14.1. The van der Waals surface area contributed by atoms with Crippen LogP contribution in [0.5, 0.6) is 5.75 Å². The molecule has 3 rings (SSSR count). The molecule has 0 spiro atoms. The quantitative estimate of drug-likeness (QED) is 0.294. The summed E-state index contributed by atoms with van der Waals surface area (Å²) in [5.41, 5.74) is 3.03. The van der Waals surface area contributed by atoms with Crippen molar-refractivity contribution in [2.45, 2.75) is 6.61 Å². The normalized spacial score (nSPS) is 11.1. The molecule has 0 atom stereocenters. The highest BCUT2D eigenvalue weighted by molar-refractivity contribution is 9.10. The van der Waals surface area contributed by atoms with Crippen molar-refractivity contribution in [1.29, 1.82) is 5.26 Å². The van der Waals surface area contributed by atoms with Crippen molar-refractivity contribution in [3.05, 3.63) is 97.9 Å². The lowest BCUT2D eigenvalue weighted by atomic mass is 10.0. The number of rotatable bonds is 5. The fourth-order valence-electron chi connectivity index (χ4n) is 2.49. The third-order valence-electron chi connectivity index (χ3n) is 3.83. The number of ether oxygens (including phenoxy) is 1. The van der Waals surface area contributed by atoms with Gasteiger partial charge in [0.05, 0.1) is 16.7 Å². The topological polar surface area (TPSA) is 33.0 Å². The standard InChI is InChI=1S/C22H14BrCl2NO/c23-18-6-4-15(5-7-18)14-27-20-3-1-2-16(11-20)10-17(13-26)21-9-8-19(24)12-22(21)25/h1-12H,14H2/b17-10+. The highest BCUT2D eigenvalue weighted by atomic mass is 79.9. The Morgan fingerprint density at radius 1 is 1.04 bits per heavy atom. The van der Waals surface area contributed by atoms with Gasteiger partial charge in [-0.3, -0.25) is 0 Å². The van der Waals surface area contributed by atoms with E-state index in [2.05, 4.69) is 22.0 Å². The van der Waals surface area contributed by atoms with Gasteiger partial charge in [-0.15, -0.1) is 0 Å². The van der Waals surface area contributed by atoms with Gasteiger partial charge < -0.3 is 4.74 Å². The fraction of sp³-hybridized carbons (Fsp3) is 0.0455. The van der Waals surface area contributed by atoms with E-state index < -0.39 is 0 Å². The van der Waals surface area contributed by atoms with Gasteiger partial charge in [-0.05, 0) is 53.6 Å². The largest absolute Gasteiger partial charge is 0.489 e. The maximum Gasteiger partial charge on any atom is 0.120 e. The van der Waals surface area contributed by atoms with E-state index in [1.54, 1.807) is 24.3 Å². The van der Waals surface area contributed by atoms with E-state index >= 15 is 0 Å². The molecule has 2 nitrogen and oxygen atoms in total. The first-order valence-corrected chi connectivity index (χ1v) is 9.64. The lowest BCUT2D eigenvalue weighted by Crippen LogP contribution is -1.95. The van der Waals surface area contributed by atoms with Crippen LogP contribution in [0.15, 0.2) is 71.2 Å². The van der Waals surface area contributed by atoms with E-state index in [1.165, 1.54) is 0 Å². The number of hydrogen-bond acceptors (Lipinski definition) is 2. The molecule has 0 unspecified atom stereocenters. The second kappa shape index (κ2) is 9.10. The molecule has 0 saturated heterocycles. The van der Waals surface area contributed by atoms with Crippen molar-refractivity contribution in [1.82, 2.24) is 0 Å². The Morgan fingerprint density at radius 2 is 1.81 bits per heavy atom. The number of nitriles is 1. The molecular weight excluding hydrogens is 445 g/mol. The zero-order chi connectivity index (χ0) is 19.2. The Bertz CT molecular complexity index is 1020. The molecule has 5 heteroatoms.